The van der Waals surface area contributed by atoms with Gasteiger partial charge in [-0.25, -0.2) is 0 Å². The van der Waals surface area contributed by atoms with Crippen LogP contribution >= 0.6 is 0 Å². The molecule has 2 aliphatic heterocycles. The number of rotatable bonds is 4. The standard InChI is InChI=1S/C19H24N2O/c1-2-13-9-15-12-21(18(13)10-19(15)22)8-7-14-11-20-17-6-4-3-5-16(14)17/h3-6,11,13,15,18,20H,2,7-10,12H2,1H3. The van der Waals surface area contributed by atoms with Gasteiger partial charge in [0, 0.05) is 48.6 Å². The zero-order valence-electron chi connectivity index (χ0n) is 13.2. The molecule has 1 aromatic heterocycles. The summed E-state index contributed by atoms with van der Waals surface area (Å²) in [6.45, 7) is 4.34. The number of nitrogens with one attached hydrogen (secondary N) is 1. The Morgan fingerprint density at radius 2 is 2.18 bits per heavy atom. The molecule has 3 fully saturated rings. The highest BCUT2D eigenvalue weighted by molar-refractivity contribution is 5.84. The molecule has 0 amide bonds. The summed E-state index contributed by atoms with van der Waals surface area (Å²) in [4.78, 5) is 18.0. The lowest BCUT2D eigenvalue weighted by Gasteiger charge is -2.49. The predicted molar refractivity (Wildman–Crippen MR) is 88.9 cm³/mol. The van der Waals surface area contributed by atoms with Crippen molar-refractivity contribution in [2.45, 2.75) is 38.6 Å². The molecule has 0 radical (unpaired) electrons. The van der Waals surface area contributed by atoms with Crippen molar-refractivity contribution < 1.29 is 4.79 Å². The fourth-order valence-electron chi connectivity index (χ4n) is 4.51. The normalized spacial score (nSPS) is 28.6. The average molecular weight is 296 g/mol. The summed E-state index contributed by atoms with van der Waals surface area (Å²) in [6, 6.07) is 9.00. The van der Waals surface area contributed by atoms with Crippen molar-refractivity contribution in [2.75, 3.05) is 13.1 Å². The number of H-pyrrole nitrogens is 1. The van der Waals surface area contributed by atoms with Gasteiger partial charge in [0.25, 0.3) is 0 Å². The van der Waals surface area contributed by atoms with Gasteiger partial charge in [-0.2, -0.15) is 0 Å². The molecule has 1 N–H and O–H groups in total. The molecular weight excluding hydrogens is 272 g/mol. The number of piperidine rings is 2. The minimum absolute atomic E-state index is 0.304. The van der Waals surface area contributed by atoms with E-state index in [0.29, 0.717) is 17.7 Å². The second-order valence-corrected chi connectivity index (χ2v) is 6.94. The molecule has 3 heterocycles. The van der Waals surface area contributed by atoms with Crippen LogP contribution in [0, 0.1) is 11.8 Å². The highest BCUT2D eigenvalue weighted by atomic mass is 16.1. The molecule has 0 spiro atoms. The number of para-hydroxylation sites is 1. The van der Waals surface area contributed by atoms with Crippen LogP contribution in [0.5, 0.6) is 0 Å². The molecule has 3 atom stereocenters. The Kier molecular flexibility index (Phi) is 3.53. The van der Waals surface area contributed by atoms with Crippen LogP contribution in [0.3, 0.4) is 0 Å². The van der Waals surface area contributed by atoms with Gasteiger partial charge in [-0.05, 0) is 30.4 Å². The van der Waals surface area contributed by atoms with Crippen LogP contribution in [0.4, 0.5) is 0 Å². The molecule has 116 valence electrons. The van der Waals surface area contributed by atoms with E-state index in [1.54, 1.807) is 0 Å². The Morgan fingerprint density at radius 3 is 3.00 bits per heavy atom. The maximum Gasteiger partial charge on any atom is 0.138 e. The molecule has 2 bridgehead atoms. The monoisotopic (exact) mass is 296 g/mol. The van der Waals surface area contributed by atoms with Gasteiger partial charge in [-0.1, -0.05) is 31.5 Å². The highest BCUT2D eigenvalue weighted by Crippen LogP contribution is 2.38. The summed E-state index contributed by atoms with van der Waals surface area (Å²) in [5, 5.41) is 1.34. The Labute approximate surface area is 131 Å². The van der Waals surface area contributed by atoms with Crippen LogP contribution in [0.25, 0.3) is 10.9 Å². The van der Waals surface area contributed by atoms with Gasteiger partial charge in [0.05, 0.1) is 0 Å². The SMILES string of the molecule is CCC1CC2CN(CCc3c[nH]c4ccccc34)C1CC2=O. The molecule has 1 aliphatic carbocycles. The third-order valence-electron chi connectivity index (χ3n) is 5.79. The van der Waals surface area contributed by atoms with Crippen LogP contribution < -0.4 is 0 Å². The van der Waals surface area contributed by atoms with Crippen molar-refractivity contribution in [3.05, 3.63) is 36.0 Å². The van der Waals surface area contributed by atoms with Gasteiger partial charge in [-0.3, -0.25) is 9.69 Å². The number of nitrogens with zero attached hydrogens (tertiary/aromatic N) is 1. The van der Waals surface area contributed by atoms with E-state index in [1.165, 1.54) is 22.9 Å². The van der Waals surface area contributed by atoms with E-state index in [-0.39, 0.29) is 0 Å². The van der Waals surface area contributed by atoms with Crippen LogP contribution in [0.15, 0.2) is 30.5 Å². The molecule has 3 aliphatic rings. The summed E-state index contributed by atoms with van der Waals surface area (Å²) >= 11 is 0. The van der Waals surface area contributed by atoms with Crippen molar-refractivity contribution in [3.8, 4) is 0 Å². The lowest BCUT2D eigenvalue weighted by molar-refractivity contribution is -0.136. The molecule has 3 nitrogen and oxygen atoms in total. The van der Waals surface area contributed by atoms with Crippen molar-refractivity contribution in [1.82, 2.24) is 9.88 Å². The Hall–Kier alpha value is -1.61. The van der Waals surface area contributed by atoms with Gasteiger partial charge in [0.2, 0.25) is 0 Å². The first-order chi connectivity index (χ1) is 10.8. The molecule has 5 rings (SSSR count). The number of aromatic nitrogens is 1. The van der Waals surface area contributed by atoms with E-state index < -0.39 is 0 Å². The molecule has 1 saturated carbocycles. The van der Waals surface area contributed by atoms with E-state index in [2.05, 4.69) is 47.3 Å². The largest absolute Gasteiger partial charge is 0.361 e. The number of Topliss-reactive ketones (excluding diaryl/α,β-unsaturated/α-hetero) is 1. The second-order valence-electron chi connectivity index (χ2n) is 6.94. The van der Waals surface area contributed by atoms with E-state index in [4.69, 9.17) is 0 Å². The van der Waals surface area contributed by atoms with Crippen molar-refractivity contribution in [2.24, 2.45) is 11.8 Å². The third-order valence-corrected chi connectivity index (χ3v) is 5.79. The van der Waals surface area contributed by atoms with Gasteiger partial charge in [-0.15, -0.1) is 0 Å². The van der Waals surface area contributed by atoms with E-state index in [0.717, 1.165) is 38.3 Å². The average Bonchev–Trinajstić information content (AvgIpc) is 2.96. The van der Waals surface area contributed by atoms with E-state index in [1.807, 2.05) is 0 Å². The molecule has 2 aromatic rings. The molecule has 1 aromatic carbocycles. The quantitative estimate of drug-likeness (QED) is 0.938. The van der Waals surface area contributed by atoms with Crippen LogP contribution in [-0.4, -0.2) is 34.8 Å². The molecule has 22 heavy (non-hydrogen) atoms. The molecule has 3 heteroatoms. The predicted octanol–water partition coefficient (Wildman–Crippen LogP) is 3.40. The minimum atomic E-state index is 0.304. The molecule has 3 unspecified atom stereocenters. The van der Waals surface area contributed by atoms with Crippen molar-refractivity contribution in [1.29, 1.82) is 0 Å². The van der Waals surface area contributed by atoms with Crippen LogP contribution in [0.2, 0.25) is 0 Å². The zero-order chi connectivity index (χ0) is 15.1. The second kappa shape index (κ2) is 5.54. The summed E-state index contributed by atoms with van der Waals surface area (Å²) in [7, 11) is 0. The van der Waals surface area contributed by atoms with Crippen molar-refractivity contribution in [3.63, 3.8) is 0 Å². The summed E-state index contributed by atoms with van der Waals surface area (Å²) < 4.78 is 0. The fraction of sp³-hybridized carbons (Fsp3) is 0.526. The lowest BCUT2D eigenvalue weighted by Crippen LogP contribution is -2.57. The van der Waals surface area contributed by atoms with Gasteiger partial charge < -0.3 is 4.98 Å². The van der Waals surface area contributed by atoms with Gasteiger partial charge in [0.1, 0.15) is 5.78 Å². The smallest absolute Gasteiger partial charge is 0.138 e. The zero-order valence-corrected chi connectivity index (χ0v) is 13.2. The first-order valence-corrected chi connectivity index (χ1v) is 8.58. The fourth-order valence-corrected chi connectivity index (χ4v) is 4.51. The number of carbonyl (C=O) groups is 1. The number of ketones is 1. The molecular formula is C19H24N2O. The summed E-state index contributed by atoms with van der Waals surface area (Å²) in [6.07, 6.45) is 6.34. The minimum Gasteiger partial charge on any atom is -0.361 e. The maximum absolute atomic E-state index is 12.0. The highest BCUT2D eigenvalue weighted by Gasteiger charge is 2.44. The first-order valence-electron chi connectivity index (χ1n) is 8.58. The van der Waals surface area contributed by atoms with Gasteiger partial charge >= 0.3 is 0 Å². The maximum atomic E-state index is 12.0. The topological polar surface area (TPSA) is 36.1 Å². The Bertz CT molecular complexity index is 690. The Morgan fingerprint density at radius 1 is 1.32 bits per heavy atom. The summed E-state index contributed by atoms with van der Waals surface area (Å²) in [5.74, 6) is 1.54. The summed E-state index contributed by atoms with van der Waals surface area (Å²) in [5.41, 5.74) is 2.62. The van der Waals surface area contributed by atoms with Gasteiger partial charge in [0.15, 0.2) is 0 Å². The number of fused-ring (bicyclic) bond motifs is 4. The number of hydrogen-bond acceptors (Lipinski definition) is 2. The Balaban J connectivity index is 1.49. The number of carbonyl (C=O) groups excluding carboxylic acids is 1. The first kappa shape index (κ1) is 14.0. The third kappa shape index (κ3) is 2.28. The number of benzene rings is 1. The van der Waals surface area contributed by atoms with E-state index >= 15 is 0 Å². The lowest BCUT2D eigenvalue weighted by atomic mass is 9.71. The van der Waals surface area contributed by atoms with Crippen LogP contribution in [-0.2, 0) is 11.2 Å². The molecule has 2 saturated heterocycles. The van der Waals surface area contributed by atoms with E-state index in [9.17, 15) is 4.79 Å². The van der Waals surface area contributed by atoms with Crippen LogP contribution in [0.1, 0.15) is 31.7 Å². The number of hydrogen-bond donors (Lipinski definition) is 1. The number of aromatic amines is 1. The van der Waals surface area contributed by atoms with Crippen molar-refractivity contribution >= 4 is 16.7 Å².